The van der Waals surface area contributed by atoms with Gasteiger partial charge in [0.15, 0.2) is 0 Å². The number of benzene rings is 2. The van der Waals surface area contributed by atoms with Crippen LogP contribution in [-0.4, -0.2) is 5.84 Å². The molecule has 37 heavy (non-hydrogen) atoms. The highest BCUT2D eigenvalue weighted by atomic mass is 15.0. The van der Waals surface area contributed by atoms with Crippen molar-refractivity contribution in [1.82, 2.24) is 0 Å². The van der Waals surface area contributed by atoms with Crippen LogP contribution in [0.3, 0.4) is 0 Å². The van der Waals surface area contributed by atoms with E-state index in [2.05, 4.69) is 97.1 Å². The number of anilines is 1. The molecule has 0 aliphatic heterocycles. The molecule has 4 aliphatic carbocycles. The number of aliphatic imine (C=N–C) groups is 1. The summed E-state index contributed by atoms with van der Waals surface area (Å²) in [6.07, 6.45) is 8.29. The van der Waals surface area contributed by atoms with Crippen molar-refractivity contribution in [1.29, 1.82) is 0 Å². The highest BCUT2D eigenvalue weighted by Crippen LogP contribution is 2.61. The monoisotopic (exact) mass is 498 g/mol. The molecule has 4 fully saturated rings. The van der Waals surface area contributed by atoms with Crippen LogP contribution in [0.4, 0.5) is 11.4 Å². The minimum absolute atomic E-state index is 0.186. The van der Waals surface area contributed by atoms with E-state index >= 15 is 0 Å². The van der Waals surface area contributed by atoms with Crippen LogP contribution >= 0.6 is 0 Å². The van der Waals surface area contributed by atoms with Crippen molar-refractivity contribution in [3.8, 4) is 0 Å². The summed E-state index contributed by atoms with van der Waals surface area (Å²) in [6, 6.07) is 13.8. The minimum Gasteiger partial charge on any atom is -0.343 e. The van der Waals surface area contributed by atoms with Gasteiger partial charge in [0.25, 0.3) is 0 Å². The largest absolute Gasteiger partial charge is 0.343 e. The van der Waals surface area contributed by atoms with Gasteiger partial charge in [0.2, 0.25) is 0 Å². The quantitative estimate of drug-likeness (QED) is 0.298. The molecule has 4 bridgehead atoms. The van der Waals surface area contributed by atoms with Gasteiger partial charge in [0, 0.05) is 11.1 Å². The highest BCUT2D eigenvalue weighted by Gasteiger charge is 2.53. The predicted molar refractivity (Wildman–Crippen MR) is 161 cm³/mol. The fourth-order valence-corrected chi connectivity index (χ4v) is 8.25. The lowest BCUT2D eigenvalue weighted by Gasteiger charge is -2.57. The average molecular weight is 499 g/mol. The van der Waals surface area contributed by atoms with Crippen LogP contribution < -0.4 is 5.32 Å². The number of nitrogens with zero attached hydrogens (tertiary/aromatic N) is 1. The van der Waals surface area contributed by atoms with Gasteiger partial charge in [0.05, 0.1) is 5.69 Å². The molecular formula is C35H50N2. The first kappa shape index (κ1) is 26.5. The maximum Gasteiger partial charge on any atom is 0.113 e. The Hall–Kier alpha value is -2.09. The molecule has 2 aromatic carbocycles. The smallest absolute Gasteiger partial charge is 0.113 e. The van der Waals surface area contributed by atoms with Crippen LogP contribution in [0.1, 0.15) is 140 Å². The van der Waals surface area contributed by atoms with Crippen LogP contribution in [0, 0.1) is 23.2 Å². The van der Waals surface area contributed by atoms with Gasteiger partial charge in [-0.05, 0) is 102 Å². The molecule has 200 valence electrons. The summed E-state index contributed by atoms with van der Waals surface area (Å²) in [5, 5.41) is 4.17. The van der Waals surface area contributed by atoms with Gasteiger partial charge in [-0.2, -0.15) is 0 Å². The first-order valence-electron chi connectivity index (χ1n) is 15.2. The minimum atomic E-state index is 0.186. The Morgan fingerprint density at radius 2 is 1.03 bits per heavy atom. The molecule has 0 aromatic heterocycles. The van der Waals surface area contributed by atoms with Gasteiger partial charge in [-0.15, -0.1) is 0 Å². The molecule has 0 atom stereocenters. The zero-order valence-electron chi connectivity index (χ0n) is 24.7. The number of hydrogen-bond donors (Lipinski definition) is 1. The molecule has 2 aromatic rings. The van der Waals surface area contributed by atoms with E-state index in [9.17, 15) is 0 Å². The summed E-state index contributed by atoms with van der Waals surface area (Å²) in [4.78, 5) is 5.79. The second-order valence-corrected chi connectivity index (χ2v) is 14.0. The number of nitrogens with one attached hydrogen (secondary N) is 1. The van der Waals surface area contributed by atoms with Crippen LogP contribution in [0.5, 0.6) is 0 Å². The molecule has 4 saturated carbocycles. The lowest BCUT2D eigenvalue weighted by atomic mass is 9.49. The molecule has 0 heterocycles. The summed E-state index contributed by atoms with van der Waals surface area (Å²) in [5.41, 5.74) is 8.36. The first-order valence-corrected chi connectivity index (χ1v) is 15.2. The summed E-state index contributed by atoms with van der Waals surface area (Å²) < 4.78 is 0. The van der Waals surface area contributed by atoms with E-state index < -0.39 is 0 Å². The zero-order valence-corrected chi connectivity index (χ0v) is 24.7. The molecule has 2 nitrogen and oxygen atoms in total. The second kappa shape index (κ2) is 10.2. The Kier molecular flexibility index (Phi) is 7.33. The van der Waals surface area contributed by atoms with Crippen molar-refractivity contribution < 1.29 is 0 Å². The van der Waals surface area contributed by atoms with E-state index in [1.807, 2.05) is 0 Å². The van der Waals surface area contributed by atoms with E-state index in [-0.39, 0.29) is 5.41 Å². The van der Waals surface area contributed by atoms with Crippen molar-refractivity contribution in [3.05, 3.63) is 58.7 Å². The van der Waals surface area contributed by atoms with E-state index in [4.69, 9.17) is 4.99 Å². The van der Waals surface area contributed by atoms with Crippen LogP contribution in [0.15, 0.2) is 41.4 Å². The summed E-state index contributed by atoms with van der Waals surface area (Å²) in [5.74, 6) is 5.75. The Labute approximate surface area is 226 Å². The summed E-state index contributed by atoms with van der Waals surface area (Å²) in [6.45, 7) is 18.6. The third kappa shape index (κ3) is 5.02. The third-order valence-electron chi connectivity index (χ3n) is 9.72. The Balaban J connectivity index is 1.72. The number of amidine groups is 1. The molecule has 6 rings (SSSR count). The standard InChI is InChI=1S/C35H50N2/c1-21(2)28-11-9-12-29(22(3)4)32(28)36-34(35-18-25-15-26(19-35)17-27(16-25)20-35)37-33-30(23(5)6)13-10-14-31(33)24(7)8/h9-14,21-27H,15-20H2,1-8H3,(H,36,37). The SMILES string of the molecule is CC(C)c1cccc(C(C)C)c1N=C(Nc1c(C(C)C)cccc1C(C)C)C12CC3CC(CC(C3)C1)C2. The predicted octanol–water partition coefficient (Wildman–Crippen LogP) is 10.5. The Bertz CT molecular complexity index is 1060. The van der Waals surface area contributed by atoms with Gasteiger partial charge in [0.1, 0.15) is 5.84 Å². The molecule has 0 radical (unpaired) electrons. The molecule has 0 saturated heterocycles. The first-order chi connectivity index (χ1) is 17.6. The van der Waals surface area contributed by atoms with Crippen LogP contribution in [-0.2, 0) is 0 Å². The lowest BCUT2D eigenvalue weighted by molar-refractivity contribution is -0.0123. The summed E-state index contributed by atoms with van der Waals surface area (Å²) >= 11 is 0. The van der Waals surface area contributed by atoms with Gasteiger partial charge in [-0.1, -0.05) is 91.8 Å². The molecule has 0 unspecified atom stereocenters. The number of hydrogen-bond acceptors (Lipinski definition) is 1. The van der Waals surface area contributed by atoms with Crippen molar-refractivity contribution >= 4 is 17.2 Å². The average Bonchev–Trinajstić information content (AvgIpc) is 2.82. The molecular weight excluding hydrogens is 448 g/mol. The number of rotatable bonds is 7. The van der Waals surface area contributed by atoms with Gasteiger partial charge >= 0.3 is 0 Å². The second-order valence-electron chi connectivity index (χ2n) is 14.0. The number of para-hydroxylation sites is 2. The lowest BCUT2D eigenvalue weighted by Crippen LogP contribution is -2.52. The Morgan fingerprint density at radius 3 is 1.41 bits per heavy atom. The van der Waals surface area contributed by atoms with Gasteiger partial charge < -0.3 is 5.32 Å². The van der Waals surface area contributed by atoms with E-state index in [1.54, 1.807) is 0 Å². The molecule has 2 heteroatoms. The van der Waals surface area contributed by atoms with Gasteiger partial charge in [-0.3, -0.25) is 0 Å². The van der Waals surface area contributed by atoms with Crippen molar-refractivity contribution in [2.24, 2.45) is 28.2 Å². The fourth-order valence-electron chi connectivity index (χ4n) is 8.25. The molecule has 4 aliphatic rings. The van der Waals surface area contributed by atoms with Crippen LogP contribution in [0.2, 0.25) is 0 Å². The van der Waals surface area contributed by atoms with E-state index in [1.165, 1.54) is 78.0 Å². The molecule has 0 amide bonds. The van der Waals surface area contributed by atoms with E-state index in [0.29, 0.717) is 23.7 Å². The Morgan fingerprint density at radius 1 is 0.649 bits per heavy atom. The fraction of sp³-hybridized carbons (Fsp3) is 0.629. The molecule has 1 N–H and O–H groups in total. The van der Waals surface area contributed by atoms with Crippen molar-refractivity contribution in [2.75, 3.05) is 5.32 Å². The molecule has 0 spiro atoms. The maximum atomic E-state index is 5.79. The third-order valence-corrected chi connectivity index (χ3v) is 9.72. The normalized spacial score (nSPS) is 27.2. The van der Waals surface area contributed by atoms with Crippen molar-refractivity contribution in [2.45, 2.75) is 118 Å². The topological polar surface area (TPSA) is 24.4 Å². The zero-order chi connectivity index (χ0) is 26.5. The van der Waals surface area contributed by atoms with Crippen molar-refractivity contribution in [3.63, 3.8) is 0 Å². The highest BCUT2D eigenvalue weighted by molar-refractivity contribution is 6.03. The summed E-state index contributed by atoms with van der Waals surface area (Å²) in [7, 11) is 0. The van der Waals surface area contributed by atoms with E-state index in [0.717, 1.165) is 17.8 Å². The maximum absolute atomic E-state index is 5.79. The van der Waals surface area contributed by atoms with Crippen LogP contribution in [0.25, 0.3) is 0 Å². The van der Waals surface area contributed by atoms with Gasteiger partial charge in [-0.25, -0.2) is 4.99 Å².